The van der Waals surface area contributed by atoms with Gasteiger partial charge in [-0.1, -0.05) is 0 Å². The fraction of sp³-hybridized carbons (Fsp3) is 0.385. The van der Waals surface area contributed by atoms with Crippen molar-refractivity contribution in [3.05, 3.63) is 29.5 Å². The zero-order chi connectivity index (χ0) is 13.1. The van der Waals surface area contributed by atoms with E-state index in [2.05, 4.69) is 0 Å². The molecule has 2 rings (SSSR count). The van der Waals surface area contributed by atoms with Crippen molar-refractivity contribution < 1.29 is 22.7 Å². The minimum atomic E-state index is -1.03. The number of hydrogen-bond acceptors (Lipinski definition) is 3. The molecule has 1 aromatic carbocycles. The van der Waals surface area contributed by atoms with Crippen LogP contribution in [0.15, 0.2) is 16.5 Å². The summed E-state index contributed by atoms with van der Waals surface area (Å²) in [5, 5.41) is 0.465. The topological polar surface area (TPSA) is 31.6 Å². The van der Waals surface area contributed by atoms with Gasteiger partial charge in [-0.3, -0.25) is 0 Å². The number of halogens is 2. The molecular weight excluding hydrogens is 242 g/mol. The van der Waals surface area contributed by atoms with Crippen molar-refractivity contribution in [2.45, 2.75) is 20.5 Å². The van der Waals surface area contributed by atoms with Gasteiger partial charge >= 0.3 is 0 Å². The van der Waals surface area contributed by atoms with Crippen molar-refractivity contribution >= 4 is 11.0 Å². The molecule has 0 aliphatic rings. The minimum absolute atomic E-state index is 0.105. The van der Waals surface area contributed by atoms with E-state index in [1.807, 2.05) is 6.92 Å². The van der Waals surface area contributed by atoms with Crippen molar-refractivity contribution in [1.29, 1.82) is 0 Å². The lowest BCUT2D eigenvalue weighted by molar-refractivity contribution is 0.119. The van der Waals surface area contributed by atoms with Gasteiger partial charge in [0, 0.05) is 12.0 Å². The Bertz CT molecular complexity index is 549. The molecule has 1 heterocycles. The van der Waals surface area contributed by atoms with Gasteiger partial charge in [0.1, 0.15) is 12.4 Å². The highest BCUT2D eigenvalue weighted by molar-refractivity contribution is 5.80. The minimum Gasteiger partial charge on any atom is -0.491 e. The summed E-state index contributed by atoms with van der Waals surface area (Å²) in [6.45, 7) is 4.58. The molecule has 0 fully saturated rings. The van der Waals surface area contributed by atoms with E-state index in [-0.39, 0.29) is 24.5 Å². The summed E-state index contributed by atoms with van der Waals surface area (Å²) < 4.78 is 42.7. The van der Waals surface area contributed by atoms with Crippen molar-refractivity contribution in [2.24, 2.45) is 0 Å². The fourth-order valence-corrected chi connectivity index (χ4v) is 1.68. The average Bonchev–Trinajstić information content (AvgIpc) is 2.76. The van der Waals surface area contributed by atoms with Crippen molar-refractivity contribution in [1.82, 2.24) is 0 Å². The summed E-state index contributed by atoms with van der Waals surface area (Å²) in [4.78, 5) is 0. The van der Waals surface area contributed by atoms with Gasteiger partial charge in [-0.05, 0) is 26.0 Å². The zero-order valence-corrected chi connectivity index (χ0v) is 10.3. The quantitative estimate of drug-likeness (QED) is 0.818. The second kappa shape index (κ2) is 5.35. The monoisotopic (exact) mass is 256 g/mol. The van der Waals surface area contributed by atoms with Gasteiger partial charge in [0.2, 0.25) is 11.6 Å². The lowest BCUT2D eigenvalue weighted by Crippen LogP contribution is -1.96. The molecule has 0 saturated heterocycles. The molecule has 0 spiro atoms. The summed E-state index contributed by atoms with van der Waals surface area (Å²) >= 11 is 0. The van der Waals surface area contributed by atoms with Crippen LogP contribution in [0.3, 0.4) is 0 Å². The number of fused-ring (bicyclic) bond motifs is 1. The summed E-state index contributed by atoms with van der Waals surface area (Å²) in [5.41, 5.74) is -0.106. The van der Waals surface area contributed by atoms with Gasteiger partial charge in [-0.25, -0.2) is 0 Å². The first-order valence-corrected chi connectivity index (χ1v) is 5.78. The normalized spacial score (nSPS) is 11.1. The SMILES string of the molecule is CCOCc1cc2cc(OCC)c(F)c(F)c2o1. The smallest absolute Gasteiger partial charge is 0.205 e. The molecule has 0 bridgehead atoms. The molecule has 0 unspecified atom stereocenters. The predicted octanol–water partition coefficient (Wildman–Crippen LogP) is 3.65. The summed E-state index contributed by atoms with van der Waals surface area (Å²) in [6, 6.07) is 3.05. The molecule has 0 aliphatic heterocycles. The first-order valence-electron chi connectivity index (χ1n) is 5.78. The number of rotatable bonds is 5. The molecule has 0 radical (unpaired) electrons. The van der Waals surface area contributed by atoms with Gasteiger partial charge in [0.25, 0.3) is 0 Å². The van der Waals surface area contributed by atoms with Gasteiger partial charge in [-0.2, -0.15) is 8.78 Å². The third-order valence-corrected chi connectivity index (χ3v) is 2.46. The Hall–Kier alpha value is -1.62. The van der Waals surface area contributed by atoms with E-state index < -0.39 is 11.6 Å². The maximum Gasteiger partial charge on any atom is 0.205 e. The molecule has 0 saturated carbocycles. The number of hydrogen-bond donors (Lipinski definition) is 0. The van der Waals surface area contributed by atoms with Crippen LogP contribution in [-0.2, 0) is 11.3 Å². The number of benzene rings is 1. The zero-order valence-electron chi connectivity index (χ0n) is 10.3. The molecule has 98 valence electrons. The average molecular weight is 256 g/mol. The predicted molar refractivity (Wildman–Crippen MR) is 62.6 cm³/mol. The van der Waals surface area contributed by atoms with Gasteiger partial charge in [0.15, 0.2) is 11.3 Å². The highest BCUT2D eigenvalue weighted by atomic mass is 19.2. The lowest BCUT2D eigenvalue weighted by Gasteiger charge is -2.04. The molecule has 0 amide bonds. The first kappa shape index (κ1) is 12.8. The van der Waals surface area contributed by atoms with E-state index >= 15 is 0 Å². The van der Waals surface area contributed by atoms with Crippen molar-refractivity contribution in [3.63, 3.8) is 0 Å². The highest BCUT2D eigenvalue weighted by Crippen LogP contribution is 2.31. The summed E-state index contributed by atoms with van der Waals surface area (Å²) in [6.07, 6.45) is 0. The van der Waals surface area contributed by atoms with Crippen LogP contribution in [0.4, 0.5) is 8.78 Å². The highest BCUT2D eigenvalue weighted by Gasteiger charge is 2.18. The molecule has 5 heteroatoms. The second-order valence-corrected chi connectivity index (χ2v) is 3.70. The van der Waals surface area contributed by atoms with E-state index in [1.54, 1.807) is 13.0 Å². The maximum absolute atomic E-state index is 13.7. The Balaban J connectivity index is 2.45. The summed E-state index contributed by atoms with van der Waals surface area (Å²) in [7, 11) is 0. The Morgan fingerprint density at radius 2 is 1.89 bits per heavy atom. The van der Waals surface area contributed by atoms with E-state index in [4.69, 9.17) is 13.9 Å². The van der Waals surface area contributed by atoms with Crippen LogP contribution in [0.1, 0.15) is 19.6 Å². The Kier molecular flexibility index (Phi) is 3.81. The van der Waals surface area contributed by atoms with E-state index in [0.717, 1.165) is 0 Å². The molecule has 0 N–H and O–H groups in total. The fourth-order valence-electron chi connectivity index (χ4n) is 1.68. The van der Waals surface area contributed by atoms with E-state index in [1.165, 1.54) is 6.07 Å². The second-order valence-electron chi connectivity index (χ2n) is 3.70. The van der Waals surface area contributed by atoms with Gasteiger partial charge < -0.3 is 13.9 Å². The van der Waals surface area contributed by atoms with Crippen LogP contribution < -0.4 is 4.74 Å². The molecule has 3 nitrogen and oxygen atoms in total. The Morgan fingerprint density at radius 3 is 2.56 bits per heavy atom. The van der Waals surface area contributed by atoms with Crippen LogP contribution in [0.5, 0.6) is 5.75 Å². The first-order chi connectivity index (χ1) is 8.67. The summed E-state index contributed by atoms with van der Waals surface area (Å²) in [5.74, 6) is -1.70. The number of ether oxygens (including phenoxy) is 2. The molecular formula is C13H14F2O3. The Labute approximate surface area is 103 Å². The standard InChI is InChI=1S/C13H14F2O3/c1-3-16-7-9-5-8-6-10(17-4-2)11(14)12(15)13(8)18-9/h5-6H,3-4,7H2,1-2H3. The Morgan fingerprint density at radius 1 is 1.11 bits per heavy atom. The molecule has 1 aromatic heterocycles. The van der Waals surface area contributed by atoms with Gasteiger partial charge in [0.05, 0.1) is 6.61 Å². The van der Waals surface area contributed by atoms with E-state index in [0.29, 0.717) is 17.8 Å². The van der Waals surface area contributed by atoms with Crippen LogP contribution in [0, 0.1) is 11.6 Å². The molecule has 0 aliphatic carbocycles. The van der Waals surface area contributed by atoms with Crippen LogP contribution >= 0.6 is 0 Å². The van der Waals surface area contributed by atoms with Crippen molar-refractivity contribution in [3.8, 4) is 5.75 Å². The lowest BCUT2D eigenvalue weighted by atomic mass is 10.2. The largest absolute Gasteiger partial charge is 0.491 e. The molecule has 18 heavy (non-hydrogen) atoms. The third kappa shape index (κ3) is 2.31. The van der Waals surface area contributed by atoms with Crippen LogP contribution in [0.2, 0.25) is 0 Å². The van der Waals surface area contributed by atoms with Crippen LogP contribution in [-0.4, -0.2) is 13.2 Å². The maximum atomic E-state index is 13.7. The molecule has 0 atom stereocenters. The third-order valence-electron chi connectivity index (χ3n) is 2.46. The number of furan rings is 1. The van der Waals surface area contributed by atoms with E-state index in [9.17, 15) is 8.78 Å². The van der Waals surface area contributed by atoms with Crippen molar-refractivity contribution in [2.75, 3.05) is 13.2 Å². The van der Waals surface area contributed by atoms with Gasteiger partial charge in [-0.15, -0.1) is 0 Å². The molecule has 2 aromatic rings. The van der Waals surface area contributed by atoms with Crippen LogP contribution in [0.25, 0.3) is 11.0 Å².